The molecule has 0 bridgehead atoms. The van der Waals surface area contributed by atoms with Gasteiger partial charge in [-0.3, -0.25) is 0 Å². The third-order valence-electron chi connectivity index (χ3n) is 4.58. The summed E-state index contributed by atoms with van der Waals surface area (Å²) in [4.78, 5) is 15.1. The maximum atomic E-state index is 12.7. The van der Waals surface area contributed by atoms with Gasteiger partial charge in [0.25, 0.3) is 5.89 Å². The minimum Gasteiger partial charge on any atom is -0.448 e. The number of benzene rings is 1. The lowest BCUT2D eigenvalue weighted by atomic mass is 10.2. The number of sulfonamides is 1. The van der Waals surface area contributed by atoms with E-state index in [4.69, 9.17) is 13.9 Å². The van der Waals surface area contributed by atoms with E-state index in [1.54, 1.807) is 6.92 Å². The maximum absolute atomic E-state index is 12.7. The van der Waals surface area contributed by atoms with E-state index in [2.05, 4.69) is 15.2 Å². The van der Waals surface area contributed by atoms with Crippen LogP contribution in [0, 0.1) is 0 Å². The molecule has 158 valence electrons. The standard InChI is InChI=1S/C19H20N4O6S/c1-13(17-21-22-18(29-17)14-5-3-2-4-6-14)28-19(24)16-11-15(12-20-16)30(25,26)23-7-9-27-10-8-23/h2-6,11-13,20H,7-10H2,1H3/t13-/m1/s1. The molecule has 1 saturated heterocycles. The van der Waals surface area contributed by atoms with Crippen LogP contribution in [-0.2, 0) is 19.5 Å². The van der Waals surface area contributed by atoms with Crippen molar-refractivity contribution < 1.29 is 27.1 Å². The lowest BCUT2D eigenvalue weighted by molar-refractivity contribution is 0.0273. The molecule has 0 radical (unpaired) electrons. The number of H-pyrrole nitrogens is 1. The van der Waals surface area contributed by atoms with Gasteiger partial charge in [0.2, 0.25) is 15.9 Å². The van der Waals surface area contributed by atoms with Gasteiger partial charge >= 0.3 is 5.97 Å². The summed E-state index contributed by atoms with van der Waals surface area (Å²) in [7, 11) is -3.71. The molecule has 11 heteroatoms. The van der Waals surface area contributed by atoms with Gasteiger partial charge in [0, 0.05) is 24.8 Å². The summed E-state index contributed by atoms with van der Waals surface area (Å²) in [5, 5.41) is 7.89. The van der Waals surface area contributed by atoms with Crippen molar-refractivity contribution >= 4 is 16.0 Å². The number of ether oxygens (including phenoxy) is 2. The Hall–Kier alpha value is -3.02. The fourth-order valence-electron chi connectivity index (χ4n) is 2.95. The number of aromatic nitrogens is 3. The Bertz CT molecular complexity index is 1120. The fraction of sp³-hybridized carbons (Fsp3) is 0.316. The first-order valence-corrected chi connectivity index (χ1v) is 10.8. The minimum absolute atomic E-state index is 0.00634. The zero-order chi connectivity index (χ0) is 21.1. The molecule has 1 fully saturated rings. The third-order valence-corrected chi connectivity index (χ3v) is 6.45. The molecule has 30 heavy (non-hydrogen) atoms. The molecule has 2 aromatic heterocycles. The molecule has 0 unspecified atom stereocenters. The van der Waals surface area contributed by atoms with Gasteiger partial charge in [-0.2, -0.15) is 4.31 Å². The first-order chi connectivity index (χ1) is 14.4. The summed E-state index contributed by atoms with van der Waals surface area (Å²) in [5.74, 6) is -0.285. The van der Waals surface area contributed by atoms with Gasteiger partial charge in [-0.15, -0.1) is 10.2 Å². The molecule has 1 aromatic carbocycles. The van der Waals surface area contributed by atoms with E-state index in [0.29, 0.717) is 19.1 Å². The van der Waals surface area contributed by atoms with Crippen molar-refractivity contribution in [2.45, 2.75) is 17.9 Å². The summed E-state index contributed by atoms with van der Waals surface area (Å²) in [6.07, 6.45) is 0.455. The van der Waals surface area contributed by atoms with Gasteiger partial charge in [-0.05, 0) is 25.1 Å². The Kier molecular flexibility index (Phi) is 5.66. The van der Waals surface area contributed by atoms with Crippen LogP contribution in [0.2, 0.25) is 0 Å². The van der Waals surface area contributed by atoms with E-state index >= 15 is 0 Å². The summed E-state index contributed by atoms with van der Waals surface area (Å²) in [6.45, 7) is 2.81. The van der Waals surface area contributed by atoms with Crippen molar-refractivity contribution in [3.8, 4) is 11.5 Å². The average Bonchev–Trinajstić information content (AvgIpc) is 3.46. The molecule has 10 nitrogen and oxygen atoms in total. The SMILES string of the molecule is C[C@@H](OC(=O)c1cc(S(=O)(=O)N2CCOCC2)c[nH]1)c1nnc(-c2ccccc2)o1. The molecule has 1 atom stereocenters. The molecular weight excluding hydrogens is 412 g/mol. The molecule has 0 saturated carbocycles. The van der Waals surface area contributed by atoms with E-state index in [1.807, 2.05) is 30.3 Å². The lowest BCUT2D eigenvalue weighted by Gasteiger charge is -2.25. The Morgan fingerprint density at radius 2 is 1.93 bits per heavy atom. The van der Waals surface area contributed by atoms with Crippen LogP contribution in [0.4, 0.5) is 0 Å². The number of rotatable bonds is 6. The molecule has 3 heterocycles. The van der Waals surface area contributed by atoms with Crippen molar-refractivity contribution in [3.63, 3.8) is 0 Å². The van der Waals surface area contributed by atoms with Crippen molar-refractivity contribution in [1.82, 2.24) is 19.5 Å². The Labute approximate surface area is 172 Å². The van der Waals surface area contributed by atoms with Crippen LogP contribution in [-0.4, -0.2) is 60.2 Å². The van der Waals surface area contributed by atoms with Gasteiger partial charge in [-0.1, -0.05) is 18.2 Å². The first-order valence-electron chi connectivity index (χ1n) is 9.31. The van der Waals surface area contributed by atoms with Crippen molar-refractivity contribution in [1.29, 1.82) is 0 Å². The smallest absolute Gasteiger partial charge is 0.355 e. The van der Waals surface area contributed by atoms with Crippen molar-refractivity contribution in [3.05, 3.63) is 54.2 Å². The molecule has 1 aliphatic rings. The Morgan fingerprint density at radius 3 is 2.67 bits per heavy atom. The summed E-state index contributed by atoms with van der Waals surface area (Å²) in [6, 6.07) is 10.5. The van der Waals surface area contributed by atoms with Gasteiger partial charge in [0.1, 0.15) is 10.6 Å². The predicted octanol–water partition coefficient (Wildman–Crippen LogP) is 2.00. The quantitative estimate of drug-likeness (QED) is 0.586. The second kappa shape index (κ2) is 8.38. The van der Waals surface area contributed by atoms with Crippen LogP contribution >= 0.6 is 0 Å². The van der Waals surface area contributed by atoms with Crippen LogP contribution in [0.3, 0.4) is 0 Å². The molecule has 0 aliphatic carbocycles. The molecule has 1 N–H and O–H groups in total. The topological polar surface area (TPSA) is 128 Å². The molecule has 1 aliphatic heterocycles. The summed E-state index contributed by atoms with van der Waals surface area (Å²) in [5.41, 5.74) is 0.758. The van der Waals surface area contributed by atoms with Crippen molar-refractivity contribution in [2.75, 3.05) is 26.3 Å². The number of nitrogens with zero attached hydrogens (tertiary/aromatic N) is 3. The fourth-order valence-corrected chi connectivity index (χ4v) is 4.35. The number of nitrogens with one attached hydrogen (secondary N) is 1. The highest BCUT2D eigenvalue weighted by Crippen LogP contribution is 2.24. The average molecular weight is 432 g/mol. The zero-order valence-electron chi connectivity index (χ0n) is 16.1. The second-order valence-corrected chi connectivity index (χ2v) is 8.56. The number of esters is 1. The molecule has 3 aromatic rings. The zero-order valence-corrected chi connectivity index (χ0v) is 17.0. The second-order valence-electron chi connectivity index (χ2n) is 6.62. The first kappa shape index (κ1) is 20.3. The highest BCUT2D eigenvalue weighted by Gasteiger charge is 2.29. The van der Waals surface area contributed by atoms with Gasteiger partial charge < -0.3 is 18.9 Å². The minimum atomic E-state index is -3.71. The van der Waals surface area contributed by atoms with Crippen LogP contribution in [0.25, 0.3) is 11.5 Å². The third kappa shape index (κ3) is 4.13. The normalized spacial score (nSPS) is 16.3. The molecular formula is C19H20N4O6S. The Morgan fingerprint density at radius 1 is 1.20 bits per heavy atom. The van der Waals surface area contributed by atoms with E-state index in [9.17, 15) is 13.2 Å². The number of hydrogen-bond acceptors (Lipinski definition) is 8. The summed E-state index contributed by atoms with van der Waals surface area (Å²) >= 11 is 0. The Balaban J connectivity index is 1.44. The van der Waals surface area contributed by atoms with Gasteiger partial charge in [0.15, 0.2) is 6.10 Å². The summed E-state index contributed by atoms with van der Waals surface area (Å²) < 4.78 is 42.8. The van der Waals surface area contributed by atoms with Crippen LogP contribution in [0.1, 0.15) is 29.4 Å². The highest BCUT2D eigenvalue weighted by molar-refractivity contribution is 7.89. The monoisotopic (exact) mass is 432 g/mol. The number of carbonyl (C=O) groups excluding carboxylic acids is 1. The van der Waals surface area contributed by atoms with E-state index in [0.717, 1.165) is 5.56 Å². The van der Waals surface area contributed by atoms with Gasteiger partial charge in [0.05, 0.1) is 13.2 Å². The van der Waals surface area contributed by atoms with E-state index < -0.39 is 22.1 Å². The van der Waals surface area contributed by atoms with Crippen LogP contribution in [0.5, 0.6) is 0 Å². The lowest BCUT2D eigenvalue weighted by Crippen LogP contribution is -2.40. The predicted molar refractivity (Wildman–Crippen MR) is 104 cm³/mol. The molecule has 4 rings (SSSR count). The number of hydrogen-bond donors (Lipinski definition) is 1. The molecule has 0 spiro atoms. The van der Waals surface area contributed by atoms with Gasteiger partial charge in [-0.25, -0.2) is 13.2 Å². The molecule has 0 amide bonds. The van der Waals surface area contributed by atoms with Crippen LogP contribution in [0.15, 0.2) is 51.9 Å². The van der Waals surface area contributed by atoms with Crippen LogP contribution < -0.4 is 0 Å². The van der Waals surface area contributed by atoms with E-state index in [1.165, 1.54) is 16.6 Å². The van der Waals surface area contributed by atoms with Crippen molar-refractivity contribution in [2.24, 2.45) is 0 Å². The highest BCUT2D eigenvalue weighted by atomic mass is 32.2. The number of aromatic amines is 1. The largest absolute Gasteiger partial charge is 0.448 e. The maximum Gasteiger partial charge on any atom is 0.355 e. The number of morpholine rings is 1. The van der Waals surface area contributed by atoms with E-state index in [-0.39, 0.29) is 29.6 Å². The number of carbonyl (C=O) groups is 1.